The van der Waals surface area contributed by atoms with Crippen LogP contribution in [0.5, 0.6) is 0 Å². The first-order valence-electron chi connectivity index (χ1n) is 8.53. The topological polar surface area (TPSA) is 63.1 Å². The van der Waals surface area contributed by atoms with Gasteiger partial charge in [0.15, 0.2) is 5.69 Å². The Bertz CT molecular complexity index is 518. The van der Waals surface area contributed by atoms with E-state index in [1.54, 1.807) is 0 Å². The highest BCUT2D eigenvalue weighted by atomic mass is 35.5. The monoisotopic (exact) mass is 341 g/mol. The van der Waals surface area contributed by atoms with Crippen LogP contribution in [0.1, 0.15) is 62.5 Å². The molecule has 0 aliphatic carbocycles. The van der Waals surface area contributed by atoms with Crippen molar-refractivity contribution in [1.82, 2.24) is 25.2 Å². The van der Waals surface area contributed by atoms with Gasteiger partial charge in [0, 0.05) is 13.1 Å². The van der Waals surface area contributed by atoms with Crippen molar-refractivity contribution in [3.05, 3.63) is 11.9 Å². The quantitative estimate of drug-likeness (QED) is 0.916. The molecule has 1 aromatic rings. The largest absolute Gasteiger partial charge is 0.337 e. The summed E-state index contributed by atoms with van der Waals surface area (Å²) in [6, 6.07) is 0.375. The Labute approximate surface area is 144 Å². The van der Waals surface area contributed by atoms with Crippen LogP contribution in [0.15, 0.2) is 6.20 Å². The highest BCUT2D eigenvalue weighted by Crippen LogP contribution is 2.34. The van der Waals surface area contributed by atoms with Gasteiger partial charge in [-0.2, -0.15) is 0 Å². The molecule has 3 heterocycles. The molecule has 1 N–H and O–H groups in total. The lowest BCUT2D eigenvalue weighted by Crippen LogP contribution is -2.42. The molecule has 0 aromatic carbocycles. The van der Waals surface area contributed by atoms with Gasteiger partial charge in [0.05, 0.1) is 12.2 Å². The zero-order chi connectivity index (χ0) is 15.6. The van der Waals surface area contributed by atoms with Gasteiger partial charge in [0.1, 0.15) is 0 Å². The highest BCUT2D eigenvalue weighted by molar-refractivity contribution is 5.92. The van der Waals surface area contributed by atoms with Gasteiger partial charge in [-0.1, -0.05) is 25.5 Å². The molecular formula is C16H28ClN5O. The molecule has 0 bridgehead atoms. The zero-order valence-corrected chi connectivity index (χ0v) is 14.9. The summed E-state index contributed by atoms with van der Waals surface area (Å²) in [5.74, 6) is 0.0401. The molecule has 2 fully saturated rings. The maximum Gasteiger partial charge on any atom is 0.276 e. The average Bonchev–Trinajstić information content (AvgIpc) is 3.06. The van der Waals surface area contributed by atoms with Crippen molar-refractivity contribution in [2.45, 2.75) is 52.0 Å². The molecule has 0 saturated carbocycles. The first kappa shape index (κ1) is 18.2. The van der Waals surface area contributed by atoms with Crippen molar-refractivity contribution >= 4 is 18.3 Å². The van der Waals surface area contributed by atoms with Crippen LogP contribution in [0, 0.1) is 5.41 Å². The van der Waals surface area contributed by atoms with E-state index in [0.717, 1.165) is 51.9 Å². The standard InChI is InChI=1S/C16H27N5O.ClH/c1-3-16(2)6-10-20(11-7-16)15(22)14-12-21(19-18-14)13-4-8-17-9-5-13;/h12-13,17H,3-11H2,1-2H3;1H. The van der Waals surface area contributed by atoms with E-state index in [-0.39, 0.29) is 18.3 Å². The first-order chi connectivity index (χ1) is 10.6. The van der Waals surface area contributed by atoms with E-state index in [0.29, 0.717) is 17.2 Å². The van der Waals surface area contributed by atoms with Gasteiger partial charge >= 0.3 is 0 Å². The summed E-state index contributed by atoms with van der Waals surface area (Å²) in [6.07, 6.45) is 7.29. The molecule has 130 valence electrons. The summed E-state index contributed by atoms with van der Waals surface area (Å²) in [5.41, 5.74) is 0.891. The third-order valence-corrected chi connectivity index (χ3v) is 5.52. The van der Waals surface area contributed by atoms with Crippen LogP contribution in [-0.2, 0) is 0 Å². The van der Waals surface area contributed by atoms with Crippen molar-refractivity contribution in [2.75, 3.05) is 26.2 Å². The lowest BCUT2D eigenvalue weighted by molar-refractivity contribution is 0.0594. The van der Waals surface area contributed by atoms with Crippen molar-refractivity contribution in [1.29, 1.82) is 0 Å². The van der Waals surface area contributed by atoms with Gasteiger partial charge in [-0.25, -0.2) is 4.68 Å². The van der Waals surface area contributed by atoms with Crippen molar-refractivity contribution in [3.8, 4) is 0 Å². The fraction of sp³-hybridized carbons (Fsp3) is 0.812. The number of piperidine rings is 2. The third kappa shape index (κ3) is 4.04. The Morgan fingerprint density at radius 1 is 1.35 bits per heavy atom. The van der Waals surface area contributed by atoms with Gasteiger partial charge in [0.25, 0.3) is 5.91 Å². The molecule has 3 rings (SSSR count). The number of rotatable bonds is 3. The summed E-state index contributed by atoms with van der Waals surface area (Å²) in [7, 11) is 0. The van der Waals surface area contributed by atoms with E-state index < -0.39 is 0 Å². The molecule has 0 atom stereocenters. The average molecular weight is 342 g/mol. The van der Waals surface area contributed by atoms with Crippen molar-refractivity contribution in [2.24, 2.45) is 5.41 Å². The summed E-state index contributed by atoms with van der Waals surface area (Å²) >= 11 is 0. The molecular weight excluding hydrogens is 314 g/mol. The minimum Gasteiger partial charge on any atom is -0.337 e. The van der Waals surface area contributed by atoms with E-state index >= 15 is 0 Å². The Hall–Kier alpha value is -1.14. The number of halogens is 1. The maximum absolute atomic E-state index is 12.6. The molecule has 0 spiro atoms. The van der Waals surface area contributed by atoms with Gasteiger partial charge in [0.2, 0.25) is 0 Å². The number of amides is 1. The van der Waals surface area contributed by atoms with Crippen LogP contribution in [0.3, 0.4) is 0 Å². The predicted octanol–water partition coefficient (Wildman–Crippen LogP) is 2.28. The second kappa shape index (κ2) is 7.62. The van der Waals surface area contributed by atoms with E-state index in [9.17, 15) is 4.79 Å². The molecule has 23 heavy (non-hydrogen) atoms. The van der Waals surface area contributed by atoms with Gasteiger partial charge in [-0.05, 0) is 44.2 Å². The minimum absolute atomic E-state index is 0. The summed E-state index contributed by atoms with van der Waals surface area (Å²) < 4.78 is 1.88. The van der Waals surface area contributed by atoms with Crippen LogP contribution in [0.4, 0.5) is 0 Å². The predicted molar refractivity (Wildman–Crippen MR) is 91.9 cm³/mol. The molecule has 0 unspecified atom stereocenters. The summed E-state index contributed by atoms with van der Waals surface area (Å²) in [4.78, 5) is 14.5. The number of nitrogens with zero attached hydrogens (tertiary/aromatic N) is 4. The van der Waals surface area contributed by atoms with Gasteiger partial charge in [-0.15, -0.1) is 17.5 Å². The molecule has 6 nitrogen and oxygen atoms in total. The molecule has 2 aliphatic heterocycles. The van der Waals surface area contributed by atoms with E-state index in [1.807, 2.05) is 15.8 Å². The lowest BCUT2D eigenvalue weighted by Gasteiger charge is -2.38. The normalized spacial score (nSPS) is 21.7. The van der Waals surface area contributed by atoms with Crippen molar-refractivity contribution < 1.29 is 4.79 Å². The zero-order valence-electron chi connectivity index (χ0n) is 14.1. The van der Waals surface area contributed by atoms with Crippen LogP contribution < -0.4 is 5.32 Å². The number of carbonyl (C=O) groups is 1. The van der Waals surface area contributed by atoms with Crippen LogP contribution in [-0.4, -0.2) is 52.0 Å². The number of carbonyl (C=O) groups excluding carboxylic acids is 1. The van der Waals surface area contributed by atoms with E-state index in [4.69, 9.17) is 0 Å². The summed E-state index contributed by atoms with van der Waals surface area (Å²) in [6.45, 7) is 8.25. The molecule has 7 heteroatoms. The Balaban J connectivity index is 0.00000192. The third-order valence-electron chi connectivity index (χ3n) is 5.52. The van der Waals surface area contributed by atoms with Gasteiger partial charge in [-0.3, -0.25) is 4.79 Å². The van der Waals surface area contributed by atoms with Gasteiger partial charge < -0.3 is 10.2 Å². The van der Waals surface area contributed by atoms with Crippen molar-refractivity contribution in [3.63, 3.8) is 0 Å². The fourth-order valence-electron chi connectivity index (χ4n) is 3.39. The molecule has 2 saturated heterocycles. The first-order valence-corrected chi connectivity index (χ1v) is 8.53. The SMILES string of the molecule is CCC1(C)CCN(C(=O)c2cn(C3CCNCC3)nn2)CC1.Cl. The molecule has 2 aliphatic rings. The highest BCUT2D eigenvalue weighted by Gasteiger charge is 2.31. The van der Waals surface area contributed by atoms with E-state index in [2.05, 4.69) is 29.5 Å². The van der Waals surface area contributed by atoms with Crippen LogP contribution >= 0.6 is 12.4 Å². The number of likely N-dealkylation sites (tertiary alicyclic amines) is 1. The van der Waals surface area contributed by atoms with Crippen LogP contribution in [0.2, 0.25) is 0 Å². The molecule has 1 amide bonds. The Morgan fingerprint density at radius 2 is 2.00 bits per heavy atom. The number of aromatic nitrogens is 3. The Morgan fingerprint density at radius 3 is 2.61 bits per heavy atom. The Kier molecular flexibility index (Phi) is 6.03. The fourth-order valence-corrected chi connectivity index (χ4v) is 3.39. The minimum atomic E-state index is 0. The smallest absolute Gasteiger partial charge is 0.276 e. The van der Waals surface area contributed by atoms with E-state index in [1.165, 1.54) is 6.42 Å². The number of hydrogen-bond donors (Lipinski definition) is 1. The number of hydrogen-bond acceptors (Lipinski definition) is 4. The second-order valence-electron chi connectivity index (χ2n) is 7.02. The summed E-state index contributed by atoms with van der Waals surface area (Å²) in [5, 5.41) is 11.7. The lowest BCUT2D eigenvalue weighted by atomic mass is 9.78. The second-order valence-corrected chi connectivity index (χ2v) is 7.02. The molecule has 1 aromatic heterocycles. The van der Waals surface area contributed by atoms with Crippen LogP contribution in [0.25, 0.3) is 0 Å². The maximum atomic E-state index is 12.6. The molecule has 0 radical (unpaired) electrons. The number of nitrogens with one attached hydrogen (secondary N) is 1.